The molecule has 2 fully saturated rings. The van der Waals surface area contributed by atoms with Crippen molar-refractivity contribution in [3.63, 3.8) is 0 Å². The van der Waals surface area contributed by atoms with E-state index in [1.807, 2.05) is 13.0 Å². The number of Topliss-reactive ketones (excluding diaryl/α,β-unsaturated/α-hetero) is 1. The number of carbonyl (C=O) groups is 2. The monoisotopic (exact) mass is 556 g/mol. The number of aliphatic hydroxyl groups is 2. The van der Waals surface area contributed by atoms with Crippen LogP contribution in [0.15, 0.2) is 23.3 Å². The van der Waals surface area contributed by atoms with E-state index in [0.29, 0.717) is 12.0 Å². The maximum atomic E-state index is 13.2. The summed E-state index contributed by atoms with van der Waals surface area (Å²) in [7, 11) is 0. The van der Waals surface area contributed by atoms with Gasteiger partial charge in [0.25, 0.3) is 0 Å². The minimum Gasteiger partial charge on any atom is -0.458 e. The number of carbonyl (C=O) groups excluding carboxylic acids is 2. The lowest BCUT2D eigenvalue weighted by atomic mass is 9.56. The van der Waals surface area contributed by atoms with Gasteiger partial charge in [-0.05, 0) is 48.7 Å². The molecule has 0 unspecified atom stereocenters. The fourth-order valence-corrected chi connectivity index (χ4v) is 9.46. The first kappa shape index (κ1) is 31.5. The van der Waals surface area contributed by atoms with Crippen molar-refractivity contribution in [2.75, 3.05) is 6.61 Å². The number of unbranched alkanes of at least 4 members (excludes halogenated alkanes) is 10. The van der Waals surface area contributed by atoms with Gasteiger partial charge in [0.1, 0.15) is 11.2 Å². The summed E-state index contributed by atoms with van der Waals surface area (Å²) in [4.78, 5) is 26.4. The Hall–Kier alpha value is -1.46. The summed E-state index contributed by atoms with van der Waals surface area (Å²) in [6.45, 7) is 12.5. The molecule has 2 saturated carbocycles. The van der Waals surface area contributed by atoms with Crippen LogP contribution in [0.1, 0.15) is 131 Å². The van der Waals surface area contributed by atoms with E-state index in [1.165, 1.54) is 57.8 Å². The molecule has 40 heavy (non-hydrogen) atoms. The van der Waals surface area contributed by atoms with Gasteiger partial charge in [0.2, 0.25) is 0 Å². The lowest BCUT2D eigenvalue weighted by molar-refractivity contribution is -0.163. The van der Waals surface area contributed by atoms with Crippen LogP contribution in [-0.2, 0) is 14.3 Å². The molecule has 5 heteroatoms. The molecule has 4 aliphatic carbocycles. The Balaban J connectivity index is 1.36. The van der Waals surface area contributed by atoms with Gasteiger partial charge in [-0.15, -0.1) is 0 Å². The average molecular weight is 557 g/mol. The smallest absolute Gasteiger partial charge is 0.306 e. The average Bonchev–Trinajstić information content (AvgIpc) is 3.34. The van der Waals surface area contributed by atoms with Crippen molar-refractivity contribution in [3.8, 4) is 0 Å². The van der Waals surface area contributed by atoms with Crippen LogP contribution in [0.4, 0.5) is 0 Å². The summed E-state index contributed by atoms with van der Waals surface area (Å²) in [5, 5.41) is 22.1. The molecule has 0 saturated heterocycles. The number of hydrogen-bond acceptors (Lipinski definition) is 5. The second-order valence-electron chi connectivity index (χ2n) is 14.6. The van der Waals surface area contributed by atoms with E-state index in [2.05, 4.69) is 33.8 Å². The van der Waals surface area contributed by atoms with Crippen molar-refractivity contribution >= 4 is 11.8 Å². The number of aliphatic hydroxyl groups excluding tert-OH is 1. The maximum absolute atomic E-state index is 13.2. The van der Waals surface area contributed by atoms with Gasteiger partial charge in [0.15, 0.2) is 5.78 Å². The van der Waals surface area contributed by atoms with E-state index in [4.69, 9.17) is 4.74 Å². The topological polar surface area (TPSA) is 83.8 Å². The minimum atomic E-state index is -1.54. The summed E-state index contributed by atoms with van der Waals surface area (Å²) in [6.07, 6.45) is 19.3. The van der Waals surface area contributed by atoms with Crippen LogP contribution < -0.4 is 0 Å². The lowest BCUT2D eigenvalue weighted by Crippen LogP contribution is -2.55. The molecular formula is C35H56O5. The van der Waals surface area contributed by atoms with Gasteiger partial charge < -0.3 is 14.9 Å². The van der Waals surface area contributed by atoms with Crippen molar-refractivity contribution < 1.29 is 24.5 Å². The van der Waals surface area contributed by atoms with Gasteiger partial charge >= 0.3 is 5.97 Å². The first-order valence-electron chi connectivity index (χ1n) is 16.4. The summed E-state index contributed by atoms with van der Waals surface area (Å²) < 4.78 is 6.43. The zero-order valence-corrected chi connectivity index (χ0v) is 26.2. The number of fused-ring (bicyclic) bond motifs is 5. The standard InChI is InChI=1S/C35H56O5/c1-7-8-9-10-11-12-13-14-15-16-17-18-28(37)40-35-21-24(2)29-27(30(35)32(35,4)5)19-26(23-36)22-34(39)31(38)25(3)20-33(29,34)6/h19-20,24,27,29-30,36,39H,7-18,21-23H2,1-6H3/t24-,27-,29+,30-,33-,34+,35+/m1/s1. The fraction of sp³-hybridized carbons (Fsp3) is 0.829. The quantitative estimate of drug-likeness (QED) is 0.132. The van der Waals surface area contributed by atoms with Gasteiger partial charge in [-0.1, -0.05) is 111 Å². The molecular weight excluding hydrogens is 500 g/mol. The fourth-order valence-electron chi connectivity index (χ4n) is 9.46. The summed E-state index contributed by atoms with van der Waals surface area (Å²) in [5.41, 5.74) is -1.67. The second kappa shape index (κ2) is 12.0. The lowest BCUT2D eigenvalue weighted by Gasteiger charge is -2.50. The largest absolute Gasteiger partial charge is 0.458 e. The van der Waals surface area contributed by atoms with Crippen LogP contribution in [-0.4, -0.2) is 39.8 Å². The summed E-state index contributed by atoms with van der Waals surface area (Å²) >= 11 is 0. The van der Waals surface area contributed by atoms with Gasteiger partial charge in [-0.2, -0.15) is 0 Å². The normalized spacial score (nSPS) is 37.5. The van der Waals surface area contributed by atoms with E-state index >= 15 is 0 Å². The molecule has 226 valence electrons. The Morgan fingerprint density at radius 1 is 1.00 bits per heavy atom. The highest BCUT2D eigenvalue weighted by Gasteiger charge is 2.81. The third-order valence-electron chi connectivity index (χ3n) is 11.6. The molecule has 0 aromatic heterocycles. The molecule has 5 nitrogen and oxygen atoms in total. The molecule has 0 radical (unpaired) electrons. The molecule has 7 atom stereocenters. The van der Waals surface area contributed by atoms with Gasteiger partial charge in [-0.3, -0.25) is 9.59 Å². The predicted molar refractivity (Wildman–Crippen MR) is 160 cm³/mol. The first-order valence-corrected chi connectivity index (χ1v) is 16.4. The molecule has 0 aromatic rings. The highest BCUT2D eigenvalue weighted by molar-refractivity contribution is 6.05. The van der Waals surface area contributed by atoms with Crippen molar-refractivity contribution in [2.45, 2.75) is 143 Å². The van der Waals surface area contributed by atoms with Crippen molar-refractivity contribution in [1.29, 1.82) is 0 Å². The van der Waals surface area contributed by atoms with Crippen LogP contribution in [0.2, 0.25) is 0 Å². The van der Waals surface area contributed by atoms with Gasteiger partial charge in [-0.25, -0.2) is 0 Å². The van der Waals surface area contributed by atoms with Crippen molar-refractivity contribution in [2.24, 2.45) is 34.5 Å². The van der Waals surface area contributed by atoms with Gasteiger partial charge in [0, 0.05) is 29.6 Å². The highest BCUT2D eigenvalue weighted by atomic mass is 16.6. The zero-order valence-electron chi connectivity index (χ0n) is 26.2. The van der Waals surface area contributed by atoms with E-state index in [-0.39, 0.29) is 53.9 Å². The second-order valence-corrected chi connectivity index (χ2v) is 14.6. The molecule has 4 rings (SSSR count). The Bertz CT molecular complexity index is 1010. The van der Waals surface area contributed by atoms with Crippen molar-refractivity contribution in [3.05, 3.63) is 23.3 Å². The molecule has 0 aromatic carbocycles. The molecule has 0 aliphatic heterocycles. The molecule has 4 aliphatic rings. The third-order valence-corrected chi connectivity index (χ3v) is 11.6. The van der Waals surface area contributed by atoms with E-state index in [0.717, 1.165) is 24.8 Å². The Morgan fingerprint density at radius 3 is 2.15 bits per heavy atom. The van der Waals surface area contributed by atoms with Gasteiger partial charge in [0.05, 0.1) is 6.61 Å². The van der Waals surface area contributed by atoms with E-state index in [9.17, 15) is 19.8 Å². The van der Waals surface area contributed by atoms with Crippen molar-refractivity contribution in [1.82, 2.24) is 0 Å². The number of ether oxygens (including phenoxy) is 1. The SMILES string of the molecule is CCCCCCCCCCCCCC(=O)O[C@@]12C[C@@H](C)[C@H]3[C@@H](C=C(CO)C[C@]4(O)C(=O)C(C)=C[C@]34C)[C@@H]1C2(C)C. The number of rotatable bonds is 14. The molecule has 2 N–H and O–H groups in total. The zero-order chi connectivity index (χ0) is 29.3. The van der Waals surface area contributed by atoms with Crippen LogP contribution in [0.5, 0.6) is 0 Å². The highest BCUT2D eigenvalue weighted by Crippen LogP contribution is 2.77. The number of allylic oxidation sites excluding steroid dienone is 1. The third kappa shape index (κ3) is 5.27. The maximum Gasteiger partial charge on any atom is 0.306 e. The minimum absolute atomic E-state index is 0.0182. The predicted octanol–water partition coefficient (Wildman–Crippen LogP) is 7.49. The Kier molecular flexibility index (Phi) is 9.47. The Morgan fingerprint density at radius 2 is 1.57 bits per heavy atom. The summed E-state index contributed by atoms with van der Waals surface area (Å²) in [5.74, 6) is -0.0249. The van der Waals surface area contributed by atoms with Crippen LogP contribution in [0, 0.1) is 34.5 Å². The molecule has 0 heterocycles. The van der Waals surface area contributed by atoms with Crippen LogP contribution in [0.3, 0.4) is 0 Å². The molecule has 0 bridgehead atoms. The molecule has 0 amide bonds. The molecule has 0 spiro atoms. The number of esters is 1. The number of hydrogen-bond donors (Lipinski definition) is 2. The number of ketones is 1. The summed E-state index contributed by atoms with van der Waals surface area (Å²) in [6, 6.07) is 0. The Labute approximate surface area is 243 Å². The van der Waals surface area contributed by atoms with Crippen LogP contribution >= 0.6 is 0 Å². The van der Waals surface area contributed by atoms with Crippen LogP contribution in [0.25, 0.3) is 0 Å². The van der Waals surface area contributed by atoms with E-state index in [1.54, 1.807) is 6.92 Å². The van der Waals surface area contributed by atoms with E-state index < -0.39 is 16.6 Å². The first-order chi connectivity index (χ1) is 18.9.